The molecule has 3 aliphatic rings. The quantitative estimate of drug-likeness (QED) is 0.803. The second-order valence-electron chi connectivity index (χ2n) is 8.67. The highest BCUT2D eigenvalue weighted by molar-refractivity contribution is 5.95. The van der Waals surface area contributed by atoms with Gasteiger partial charge in [0, 0.05) is 17.6 Å². The molecule has 0 amide bonds. The molecule has 1 fully saturated rings. The van der Waals surface area contributed by atoms with Crippen LogP contribution in [0.25, 0.3) is 0 Å². The summed E-state index contributed by atoms with van der Waals surface area (Å²) in [6.07, 6.45) is 6.89. The molecule has 0 saturated heterocycles. The molecule has 4 atom stereocenters. The fraction of sp³-hybridized carbons (Fsp3) is 0.700. The van der Waals surface area contributed by atoms with E-state index < -0.39 is 12.3 Å². The predicted molar refractivity (Wildman–Crippen MR) is 90.9 cm³/mol. The van der Waals surface area contributed by atoms with E-state index in [2.05, 4.69) is 20.8 Å². The highest BCUT2D eigenvalue weighted by Gasteiger charge is 2.55. The van der Waals surface area contributed by atoms with Crippen molar-refractivity contribution in [2.75, 3.05) is 0 Å². The third kappa shape index (κ3) is 2.75. The number of carbonyl (C=O) groups excluding carboxylic acids is 2. The zero-order chi connectivity index (χ0) is 17.7. The monoisotopic (exact) mass is 332 g/mol. The molecule has 1 N–H and O–H groups in total. The number of hydrogen-bond acceptors (Lipinski definition) is 4. The average molecular weight is 332 g/mol. The number of ketones is 1. The van der Waals surface area contributed by atoms with E-state index in [1.807, 2.05) is 13.0 Å². The summed E-state index contributed by atoms with van der Waals surface area (Å²) in [4.78, 5) is 24.1. The van der Waals surface area contributed by atoms with Crippen molar-refractivity contribution >= 4 is 11.8 Å². The third-order valence-electron chi connectivity index (χ3n) is 6.55. The van der Waals surface area contributed by atoms with Crippen molar-refractivity contribution in [1.82, 2.24) is 0 Å². The van der Waals surface area contributed by atoms with Crippen molar-refractivity contribution < 1.29 is 19.4 Å². The van der Waals surface area contributed by atoms with E-state index in [-0.39, 0.29) is 22.5 Å². The number of ether oxygens (including phenoxy) is 1. The van der Waals surface area contributed by atoms with Crippen LogP contribution in [0.1, 0.15) is 59.8 Å². The molecule has 0 aromatic rings. The molecule has 0 bridgehead atoms. The van der Waals surface area contributed by atoms with Gasteiger partial charge in [0.1, 0.15) is 0 Å². The third-order valence-corrected chi connectivity index (χ3v) is 6.55. The van der Waals surface area contributed by atoms with Crippen LogP contribution >= 0.6 is 0 Å². The second kappa shape index (κ2) is 5.83. The molecule has 3 rings (SSSR count). The molecule has 4 heteroatoms. The van der Waals surface area contributed by atoms with E-state index >= 15 is 0 Å². The lowest BCUT2D eigenvalue weighted by molar-refractivity contribution is -0.151. The van der Waals surface area contributed by atoms with Crippen molar-refractivity contribution in [3.63, 3.8) is 0 Å². The molecule has 132 valence electrons. The van der Waals surface area contributed by atoms with Gasteiger partial charge < -0.3 is 9.84 Å². The Morgan fingerprint density at radius 2 is 1.92 bits per heavy atom. The molecule has 1 aliphatic heterocycles. The molecule has 0 radical (unpaired) electrons. The molecular formula is C20H28O4. The predicted octanol–water partition coefficient (Wildman–Crippen LogP) is 3.55. The van der Waals surface area contributed by atoms with E-state index in [0.717, 1.165) is 31.3 Å². The van der Waals surface area contributed by atoms with Crippen molar-refractivity contribution in [2.45, 2.75) is 66.1 Å². The Hall–Kier alpha value is -1.42. The number of cyclic esters (lactones) is 1. The van der Waals surface area contributed by atoms with Crippen LogP contribution in [0.5, 0.6) is 0 Å². The summed E-state index contributed by atoms with van der Waals surface area (Å²) in [5.41, 5.74) is 1.76. The minimum atomic E-state index is -1.10. The molecule has 0 unspecified atom stereocenters. The summed E-state index contributed by atoms with van der Waals surface area (Å²) in [6.45, 7) is 8.74. The number of aliphatic hydroxyl groups excluding tert-OH is 1. The summed E-state index contributed by atoms with van der Waals surface area (Å²) < 4.78 is 4.78. The van der Waals surface area contributed by atoms with E-state index in [9.17, 15) is 14.7 Å². The molecule has 4 nitrogen and oxygen atoms in total. The zero-order valence-corrected chi connectivity index (χ0v) is 15.1. The number of hydrogen-bond donors (Lipinski definition) is 1. The van der Waals surface area contributed by atoms with Gasteiger partial charge in [0.15, 0.2) is 5.78 Å². The maximum absolute atomic E-state index is 12.8. The van der Waals surface area contributed by atoms with Gasteiger partial charge in [-0.05, 0) is 55.4 Å². The maximum Gasteiger partial charge on any atom is 0.333 e. The van der Waals surface area contributed by atoms with Gasteiger partial charge >= 0.3 is 5.97 Å². The Labute approximate surface area is 144 Å². The van der Waals surface area contributed by atoms with Gasteiger partial charge in [0.2, 0.25) is 6.29 Å². The van der Waals surface area contributed by atoms with Crippen molar-refractivity contribution in [1.29, 1.82) is 0 Å². The summed E-state index contributed by atoms with van der Waals surface area (Å²) in [7, 11) is 0. The standard InChI is InChI=1S/C20H28O4/c1-12-10-15(21)17-19(2,3)8-5-9-20(17,4)14(12)7-6-13-11-16(22)24-18(13)23/h10-11,14,17-18,23H,5-9H2,1-4H3/t14-,17-,18-,20+/m1/s1. The van der Waals surface area contributed by atoms with Gasteiger partial charge in [-0.15, -0.1) is 0 Å². The van der Waals surface area contributed by atoms with Crippen LogP contribution in [0.3, 0.4) is 0 Å². The lowest BCUT2D eigenvalue weighted by Gasteiger charge is -2.55. The van der Waals surface area contributed by atoms with Crippen LogP contribution in [0.2, 0.25) is 0 Å². The highest BCUT2D eigenvalue weighted by atomic mass is 16.6. The number of fused-ring (bicyclic) bond motifs is 1. The van der Waals surface area contributed by atoms with Crippen molar-refractivity contribution in [3.05, 3.63) is 23.3 Å². The molecular weight excluding hydrogens is 304 g/mol. The smallest absolute Gasteiger partial charge is 0.333 e. The number of carbonyl (C=O) groups is 2. The highest BCUT2D eigenvalue weighted by Crippen LogP contribution is 2.59. The normalized spacial score (nSPS) is 38.3. The lowest BCUT2D eigenvalue weighted by Crippen LogP contribution is -2.52. The van der Waals surface area contributed by atoms with Gasteiger partial charge in [-0.25, -0.2) is 4.79 Å². The summed E-state index contributed by atoms with van der Waals surface area (Å²) in [5.74, 6) is 0.150. The van der Waals surface area contributed by atoms with E-state index in [4.69, 9.17) is 4.74 Å². The number of allylic oxidation sites excluding steroid dienone is 2. The first-order valence-electron chi connectivity index (χ1n) is 8.96. The Morgan fingerprint density at radius 1 is 1.21 bits per heavy atom. The first kappa shape index (κ1) is 17.4. The second-order valence-corrected chi connectivity index (χ2v) is 8.67. The van der Waals surface area contributed by atoms with Gasteiger partial charge in [0.25, 0.3) is 0 Å². The van der Waals surface area contributed by atoms with Crippen LogP contribution in [0.15, 0.2) is 23.3 Å². The minimum absolute atomic E-state index is 0.0186. The molecule has 1 saturated carbocycles. The van der Waals surface area contributed by atoms with Crippen LogP contribution in [0.4, 0.5) is 0 Å². The SMILES string of the molecule is CC1=CC(=O)[C@@H]2C(C)(C)CCC[C@@]2(C)[C@@H]1CCC1=CC(=O)O[C@H]1O. The number of rotatable bonds is 3. The molecule has 0 spiro atoms. The molecule has 0 aromatic heterocycles. The number of aliphatic hydroxyl groups is 1. The van der Waals surface area contributed by atoms with Crippen molar-refractivity contribution in [2.24, 2.45) is 22.7 Å². The summed E-state index contributed by atoms with van der Waals surface area (Å²) in [6, 6.07) is 0. The molecule has 2 aliphatic carbocycles. The Balaban J connectivity index is 1.86. The first-order valence-corrected chi connectivity index (χ1v) is 8.96. The van der Waals surface area contributed by atoms with Gasteiger partial charge in [-0.3, -0.25) is 4.79 Å². The minimum Gasteiger partial charge on any atom is -0.429 e. The number of esters is 1. The maximum atomic E-state index is 12.8. The van der Waals surface area contributed by atoms with Crippen LogP contribution < -0.4 is 0 Å². The van der Waals surface area contributed by atoms with Crippen LogP contribution in [-0.4, -0.2) is 23.1 Å². The first-order chi connectivity index (χ1) is 11.1. The zero-order valence-electron chi connectivity index (χ0n) is 15.1. The average Bonchev–Trinajstić information content (AvgIpc) is 2.74. The Kier molecular flexibility index (Phi) is 4.23. The molecule has 24 heavy (non-hydrogen) atoms. The van der Waals surface area contributed by atoms with Gasteiger partial charge in [0.05, 0.1) is 0 Å². The van der Waals surface area contributed by atoms with E-state index in [1.165, 1.54) is 6.08 Å². The van der Waals surface area contributed by atoms with Crippen LogP contribution in [0, 0.1) is 22.7 Å². The van der Waals surface area contributed by atoms with E-state index in [1.54, 1.807) is 0 Å². The lowest BCUT2D eigenvalue weighted by atomic mass is 9.48. The van der Waals surface area contributed by atoms with Gasteiger partial charge in [-0.1, -0.05) is 32.8 Å². The van der Waals surface area contributed by atoms with Gasteiger partial charge in [-0.2, -0.15) is 0 Å². The molecule has 1 heterocycles. The summed E-state index contributed by atoms with van der Waals surface area (Å²) >= 11 is 0. The Morgan fingerprint density at radius 3 is 2.54 bits per heavy atom. The Bertz CT molecular complexity index is 628. The van der Waals surface area contributed by atoms with Crippen LogP contribution in [-0.2, 0) is 14.3 Å². The topological polar surface area (TPSA) is 63.6 Å². The van der Waals surface area contributed by atoms with E-state index in [0.29, 0.717) is 17.9 Å². The van der Waals surface area contributed by atoms with Crippen molar-refractivity contribution in [3.8, 4) is 0 Å². The fourth-order valence-corrected chi connectivity index (χ4v) is 5.63. The molecule has 0 aromatic carbocycles. The largest absolute Gasteiger partial charge is 0.429 e. The fourth-order valence-electron chi connectivity index (χ4n) is 5.63. The summed E-state index contributed by atoms with van der Waals surface area (Å²) in [5, 5.41) is 9.80.